The van der Waals surface area contributed by atoms with Crippen LogP contribution < -0.4 is 0 Å². The largest absolute Gasteiger partial charge is 0.469 e. The van der Waals surface area contributed by atoms with Gasteiger partial charge in [-0.15, -0.1) is 0 Å². The average Bonchev–Trinajstić information content (AvgIpc) is 2.99. The molecule has 0 aromatic carbocycles. The Morgan fingerprint density at radius 1 is 1.24 bits per heavy atom. The monoisotopic (exact) mass is 302 g/mol. The van der Waals surface area contributed by atoms with Crippen molar-refractivity contribution in [2.24, 2.45) is 5.41 Å². The number of imidazole rings is 1. The van der Waals surface area contributed by atoms with Crippen LogP contribution in [0.1, 0.15) is 50.0 Å². The van der Waals surface area contributed by atoms with Crippen LogP contribution in [0.4, 0.5) is 13.2 Å². The van der Waals surface area contributed by atoms with E-state index in [1.54, 1.807) is 0 Å². The van der Waals surface area contributed by atoms with E-state index < -0.39 is 17.3 Å². The van der Waals surface area contributed by atoms with Crippen LogP contribution >= 0.6 is 0 Å². The predicted molar refractivity (Wildman–Crippen MR) is 67.4 cm³/mol. The number of H-pyrrole nitrogens is 1. The topological polar surface area (TPSA) is 55.0 Å². The molecule has 0 saturated heterocycles. The highest BCUT2D eigenvalue weighted by Crippen LogP contribution is 2.57. The van der Waals surface area contributed by atoms with Gasteiger partial charge in [-0.2, -0.15) is 13.2 Å². The van der Waals surface area contributed by atoms with Gasteiger partial charge in [0.15, 0.2) is 5.69 Å². The van der Waals surface area contributed by atoms with E-state index in [0.717, 1.165) is 6.20 Å². The van der Waals surface area contributed by atoms with Gasteiger partial charge in [0.2, 0.25) is 0 Å². The number of ether oxygens (including phenoxy) is 1. The van der Waals surface area contributed by atoms with E-state index in [2.05, 4.69) is 9.97 Å². The van der Waals surface area contributed by atoms with Gasteiger partial charge in [0.05, 0.1) is 12.5 Å². The third-order valence-corrected chi connectivity index (χ3v) is 5.24. The Balaban J connectivity index is 1.83. The van der Waals surface area contributed by atoms with Crippen LogP contribution in [0.3, 0.4) is 0 Å². The lowest BCUT2D eigenvalue weighted by atomic mass is 9.53. The van der Waals surface area contributed by atoms with Gasteiger partial charge in [0.25, 0.3) is 0 Å². The van der Waals surface area contributed by atoms with Crippen molar-refractivity contribution in [3.63, 3.8) is 0 Å². The Bertz CT molecular complexity index is 540. The maximum Gasteiger partial charge on any atom is 0.434 e. The van der Waals surface area contributed by atoms with Crippen LogP contribution in [-0.2, 0) is 21.1 Å². The van der Waals surface area contributed by atoms with Crippen molar-refractivity contribution in [2.75, 3.05) is 7.11 Å². The Morgan fingerprint density at radius 2 is 1.81 bits per heavy atom. The molecule has 3 aliphatic carbocycles. The van der Waals surface area contributed by atoms with Crippen molar-refractivity contribution in [1.82, 2.24) is 9.97 Å². The summed E-state index contributed by atoms with van der Waals surface area (Å²) in [7, 11) is 1.38. The van der Waals surface area contributed by atoms with Gasteiger partial charge in [0.1, 0.15) is 5.82 Å². The van der Waals surface area contributed by atoms with E-state index in [9.17, 15) is 18.0 Å². The number of carbonyl (C=O) groups is 1. The van der Waals surface area contributed by atoms with Crippen molar-refractivity contribution in [2.45, 2.75) is 50.1 Å². The third kappa shape index (κ3) is 2.13. The number of fused-ring (bicyclic) bond motifs is 3. The Kier molecular flexibility index (Phi) is 3.07. The number of hydrogen-bond donors (Lipinski definition) is 1. The molecule has 1 aromatic heterocycles. The van der Waals surface area contributed by atoms with E-state index in [-0.39, 0.29) is 11.4 Å². The predicted octanol–water partition coefficient (Wildman–Crippen LogP) is 3.19. The fourth-order valence-corrected chi connectivity index (χ4v) is 3.80. The van der Waals surface area contributed by atoms with Gasteiger partial charge in [-0.1, -0.05) is 0 Å². The average molecular weight is 302 g/mol. The van der Waals surface area contributed by atoms with Crippen molar-refractivity contribution in [1.29, 1.82) is 0 Å². The number of methoxy groups -OCH3 is 1. The molecule has 2 bridgehead atoms. The number of aromatic nitrogens is 2. The van der Waals surface area contributed by atoms with Crippen LogP contribution in [-0.4, -0.2) is 23.0 Å². The molecule has 0 radical (unpaired) electrons. The molecule has 1 heterocycles. The molecule has 0 unspecified atom stereocenters. The number of aromatic amines is 1. The lowest BCUT2D eigenvalue weighted by molar-refractivity contribution is -0.160. The zero-order valence-electron chi connectivity index (χ0n) is 11.7. The zero-order valence-corrected chi connectivity index (χ0v) is 11.7. The van der Waals surface area contributed by atoms with Gasteiger partial charge in [-0.05, 0) is 38.5 Å². The van der Waals surface area contributed by atoms with Crippen LogP contribution in [0.2, 0.25) is 0 Å². The quantitative estimate of drug-likeness (QED) is 0.854. The summed E-state index contributed by atoms with van der Waals surface area (Å²) in [6.45, 7) is 0. The van der Waals surface area contributed by atoms with Gasteiger partial charge in [-0.25, -0.2) is 4.98 Å². The molecular formula is C14H17F3N2O2. The summed E-state index contributed by atoms with van der Waals surface area (Å²) in [5.74, 6) is 0.221. The molecule has 4 rings (SSSR count). The van der Waals surface area contributed by atoms with E-state index in [0.29, 0.717) is 44.3 Å². The molecule has 3 fully saturated rings. The zero-order chi connectivity index (χ0) is 15.3. The molecule has 4 nitrogen and oxygen atoms in total. The van der Waals surface area contributed by atoms with E-state index in [1.165, 1.54) is 7.11 Å². The Hall–Kier alpha value is -1.53. The molecule has 1 N–H and O–H groups in total. The Morgan fingerprint density at radius 3 is 2.24 bits per heavy atom. The number of carbonyl (C=O) groups excluding carboxylic acids is 1. The second kappa shape index (κ2) is 4.48. The van der Waals surface area contributed by atoms with Gasteiger partial charge in [0, 0.05) is 11.6 Å². The Labute approximate surface area is 120 Å². The van der Waals surface area contributed by atoms with Crippen LogP contribution in [0.25, 0.3) is 0 Å². The van der Waals surface area contributed by atoms with Crippen molar-refractivity contribution in [3.05, 3.63) is 17.7 Å². The van der Waals surface area contributed by atoms with Crippen molar-refractivity contribution in [3.8, 4) is 0 Å². The number of rotatable bonds is 2. The molecule has 7 heteroatoms. The second-order valence-corrected chi connectivity index (χ2v) is 6.18. The minimum atomic E-state index is -4.43. The highest BCUT2D eigenvalue weighted by atomic mass is 19.4. The molecule has 0 aliphatic heterocycles. The minimum Gasteiger partial charge on any atom is -0.469 e. The molecular weight excluding hydrogens is 285 g/mol. The third-order valence-electron chi connectivity index (χ3n) is 5.24. The van der Waals surface area contributed by atoms with Crippen molar-refractivity contribution >= 4 is 5.97 Å². The summed E-state index contributed by atoms with van der Waals surface area (Å²) < 4.78 is 42.9. The maximum absolute atomic E-state index is 12.7. The molecule has 1 aromatic rings. The smallest absolute Gasteiger partial charge is 0.434 e. The molecule has 0 amide bonds. The van der Waals surface area contributed by atoms with Crippen LogP contribution in [0.15, 0.2) is 6.20 Å². The minimum absolute atomic E-state index is 0.189. The van der Waals surface area contributed by atoms with Gasteiger partial charge in [-0.3, -0.25) is 4.79 Å². The first kappa shape index (κ1) is 14.4. The molecule has 0 atom stereocenters. The highest BCUT2D eigenvalue weighted by Gasteiger charge is 2.55. The molecule has 116 valence electrons. The van der Waals surface area contributed by atoms with E-state index >= 15 is 0 Å². The second-order valence-electron chi connectivity index (χ2n) is 6.18. The first-order valence-electron chi connectivity index (χ1n) is 7.03. The summed E-state index contributed by atoms with van der Waals surface area (Å²) in [5.41, 5.74) is -1.66. The molecule has 0 spiro atoms. The van der Waals surface area contributed by atoms with Crippen molar-refractivity contribution < 1.29 is 22.7 Å². The van der Waals surface area contributed by atoms with E-state index in [1.807, 2.05) is 0 Å². The van der Waals surface area contributed by atoms with Crippen LogP contribution in [0.5, 0.6) is 0 Å². The summed E-state index contributed by atoms with van der Waals surface area (Å²) in [4.78, 5) is 18.4. The SMILES string of the molecule is COC(=O)C12CCC(c3nc(C(F)(F)F)c[nH]3)(CC1)CC2. The summed E-state index contributed by atoms with van der Waals surface area (Å²) in [5, 5.41) is 0. The van der Waals surface area contributed by atoms with Gasteiger partial charge >= 0.3 is 12.1 Å². The molecule has 3 aliphatic rings. The summed E-state index contributed by atoms with van der Waals surface area (Å²) in [6, 6.07) is 0. The first-order chi connectivity index (χ1) is 9.81. The number of alkyl halides is 3. The molecule has 3 saturated carbocycles. The maximum atomic E-state index is 12.7. The van der Waals surface area contributed by atoms with E-state index in [4.69, 9.17) is 4.74 Å². The number of esters is 1. The number of hydrogen-bond acceptors (Lipinski definition) is 3. The van der Waals surface area contributed by atoms with Crippen LogP contribution in [0, 0.1) is 5.41 Å². The number of nitrogens with one attached hydrogen (secondary N) is 1. The normalized spacial score (nSPS) is 32.2. The summed E-state index contributed by atoms with van der Waals surface area (Å²) >= 11 is 0. The fraction of sp³-hybridized carbons (Fsp3) is 0.714. The summed E-state index contributed by atoms with van der Waals surface area (Å²) in [6.07, 6.45) is 0.489. The number of halogens is 3. The lowest BCUT2D eigenvalue weighted by Crippen LogP contribution is -2.48. The van der Waals surface area contributed by atoms with Gasteiger partial charge < -0.3 is 9.72 Å². The highest BCUT2D eigenvalue weighted by molar-refractivity contribution is 5.77. The first-order valence-corrected chi connectivity index (χ1v) is 7.03. The lowest BCUT2D eigenvalue weighted by Gasteiger charge is -2.50. The fourth-order valence-electron chi connectivity index (χ4n) is 3.80. The molecule has 21 heavy (non-hydrogen) atoms. The number of nitrogens with zero attached hydrogens (tertiary/aromatic N) is 1. The standard InChI is InChI=1S/C14H17F3N2O2/c1-21-11(20)13-5-2-12(3-6-13,4-7-13)10-18-8-9(19-10)14(15,16)17/h8H,2-7H2,1H3,(H,18,19).